The number of fused-ring (bicyclic) bond motifs is 2. The minimum atomic E-state index is 0.472. The molecule has 3 rings (SSSR count). The van der Waals surface area contributed by atoms with Crippen LogP contribution in [-0.2, 0) is 11.3 Å². The van der Waals surface area contributed by atoms with Gasteiger partial charge >= 0.3 is 0 Å². The molecule has 1 aromatic rings. The molecule has 1 saturated heterocycles. The van der Waals surface area contributed by atoms with Crippen molar-refractivity contribution in [2.45, 2.75) is 38.5 Å². The highest BCUT2D eigenvalue weighted by Gasteiger charge is 2.47. The number of rotatable bonds is 4. The van der Waals surface area contributed by atoms with Crippen LogP contribution in [0.4, 0.5) is 0 Å². The van der Waals surface area contributed by atoms with Crippen LogP contribution < -0.4 is 0 Å². The Morgan fingerprint density at radius 1 is 1.50 bits per heavy atom. The minimum Gasteiger partial charge on any atom is -0.468 e. The molecule has 0 N–H and O–H groups in total. The number of piperidine rings is 1. The van der Waals surface area contributed by atoms with Crippen molar-refractivity contribution < 1.29 is 9.15 Å². The molecule has 0 radical (unpaired) electrons. The summed E-state index contributed by atoms with van der Waals surface area (Å²) in [5.41, 5.74) is 0. The van der Waals surface area contributed by atoms with Crippen molar-refractivity contribution in [2.75, 3.05) is 13.2 Å². The van der Waals surface area contributed by atoms with Crippen molar-refractivity contribution in [3.8, 4) is 0 Å². The number of furan rings is 1. The molecule has 0 amide bonds. The van der Waals surface area contributed by atoms with Crippen LogP contribution in [-0.4, -0.2) is 30.2 Å². The van der Waals surface area contributed by atoms with E-state index in [1.54, 1.807) is 6.26 Å². The quantitative estimate of drug-likeness (QED) is 0.780. The van der Waals surface area contributed by atoms with Gasteiger partial charge in [0.05, 0.1) is 18.9 Å². The molecule has 3 heteroatoms. The molecule has 2 heterocycles. The first-order chi connectivity index (χ1) is 7.88. The van der Waals surface area contributed by atoms with Gasteiger partial charge in [-0.3, -0.25) is 4.90 Å². The van der Waals surface area contributed by atoms with Crippen LogP contribution in [0.5, 0.6) is 0 Å². The van der Waals surface area contributed by atoms with Gasteiger partial charge < -0.3 is 9.15 Å². The van der Waals surface area contributed by atoms with E-state index < -0.39 is 0 Å². The van der Waals surface area contributed by atoms with Gasteiger partial charge in [-0.2, -0.15) is 0 Å². The first-order valence-corrected chi connectivity index (χ1v) is 6.26. The lowest BCUT2D eigenvalue weighted by Crippen LogP contribution is -2.34. The highest BCUT2D eigenvalue weighted by molar-refractivity contribution is 5.04. The first kappa shape index (κ1) is 10.4. The van der Waals surface area contributed by atoms with E-state index in [1.807, 2.05) is 6.07 Å². The van der Waals surface area contributed by atoms with Gasteiger partial charge in [0.2, 0.25) is 0 Å². The van der Waals surface area contributed by atoms with E-state index in [0.717, 1.165) is 24.8 Å². The van der Waals surface area contributed by atoms with Gasteiger partial charge in [-0.05, 0) is 37.8 Å². The highest BCUT2D eigenvalue weighted by Crippen LogP contribution is 2.40. The Morgan fingerprint density at radius 3 is 3.19 bits per heavy atom. The standard InChI is InChI=1S/C13H19NO2/c1-2-15-13-10-5-6-12(13)14(8-10)9-11-4-3-7-16-11/h3-4,7,10,12-13H,2,5-6,8-9H2,1H3. The minimum absolute atomic E-state index is 0.472. The maximum atomic E-state index is 5.87. The predicted octanol–water partition coefficient (Wildman–Crippen LogP) is 2.28. The maximum absolute atomic E-state index is 5.87. The SMILES string of the molecule is CCOC1C2CCC1N(Cc1ccco1)C2. The third-order valence-corrected chi connectivity index (χ3v) is 3.91. The van der Waals surface area contributed by atoms with Gasteiger partial charge in [-0.15, -0.1) is 0 Å². The van der Waals surface area contributed by atoms with Crippen molar-refractivity contribution in [3.05, 3.63) is 24.2 Å². The molecule has 1 aliphatic heterocycles. The molecule has 2 fully saturated rings. The number of ether oxygens (including phenoxy) is 1. The van der Waals surface area contributed by atoms with Crippen molar-refractivity contribution in [1.82, 2.24) is 4.90 Å². The molecule has 0 spiro atoms. The van der Waals surface area contributed by atoms with Gasteiger partial charge in [-0.1, -0.05) is 0 Å². The molecular formula is C13H19NO2. The van der Waals surface area contributed by atoms with Crippen molar-refractivity contribution >= 4 is 0 Å². The lowest BCUT2D eigenvalue weighted by Gasteiger charge is -2.25. The zero-order chi connectivity index (χ0) is 11.0. The topological polar surface area (TPSA) is 25.6 Å². The summed E-state index contributed by atoms with van der Waals surface area (Å²) in [4.78, 5) is 2.52. The summed E-state index contributed by atoms with van der Waals surface area (Å²) >= 11 is 0. The number of hydrogen-bond acceptors (Lipinski definition) is 3. The Bertz CT molecular complexity index is 336. The Kier molecular flexibility index (Phi) is 2.74. The van der Waals surface area contributed by atoms with E-state index in [9.17, 15) is 0 Å². The van der Waals surface area contributed by atoms with E-state index in [1.165, 1.54) is 19.4 Å². The monoisotopic (exact) mass is 221 g/mol. The summed E-state index contributed by atoms with van der Waals surface area (Å²) in [6.45, 7) is 5.05. The molecular weight excluding hydrogens is 202 g/mol. The molecule has 2 bridgehead atoms. The molecule has 0 aromatic carbocycles. The van der Waals surface area contributed by atoms with Crippen LogP contribution in [0.25, 0.3) is 0 Å². The second kappa shape index (κ2) is 4.22. The lowest BCUT2D eigenvalue weighted by molar-refractivity contribution is 0.0342. The normalized spacial score (nSPS) is 33.7. The number of hydrogen-bond donors (Lipinski definition) is 0. The second-order valence-electron chi connectivity index (χ2n) is 4.83. The smallest absolute Gasteiger partial charge is 0.117 e. The molecule has 3 atom stereocenters. The van der Waals surface area contributed by atoms with Crippen molar-refractivity contribution in [3.63, 3.8) is 0 Å². The Balaban J connectivity index is 1.66. The van der Waals surface area contributed by atoms with Gasteiger partial charge in [0.25, 0.3) is 0 Å². The summed E-state index contributed by atoms with van der Waals surface area (Å²) in [6, 6.07) is 4.64. The van der Waals surface area contributed by atoms with Crippen LogP contribution in [0, 0.1) is 5.92 Å². The summed E-state index contributed by atoms with van der Waals surface area (Å²) in [6.07, 6.45) is 4.85. The largest absolute Gasteiger partial charge is 0.468 e. The predicted molar refractivity (Wildman–Crippen MR) is 61.0 cm³/mol. The summed E-state index contributed by atoms with van der Waals surface area (Å²) < 4.78 is 11.3. The van der Waals surface area contributed by atoms with E-state index >= 15 is 0 Å². The lowest BCUT2D eigenvalue weighted by atomic mass is 10.1. The average Bonchev–Trinajstić information content (AvgIpc) is 2.97. The fraction of sp³-hybridized carbons (Fsp3) is 0.692. The van der Waals surface area contributed by atoms with Crippen molar-refractivity contribution in [1.29, 1.82) is 0 Å². The van der Waals surface area contributed by atoms with E-state index in [-0.39, 0.29) is 0 Å². The fourth-order valence-electron chi connectivity index (χ4n) is 3.27. The average molecular weight is 221 g/mol. The number of likely N-dealkylation sites (tertiary alicyclic amines) is 1. The van der Waals surface area contributed by atoms with Crippen LogP contribution in [0.3, 0.4) is 0 Å². The molecule has 16 heavy (non-hydrogen) atoms. The molecule has 3 nitrogen and oxygen atoms in total. The second-order valence-corrected chi connectivity index (χ2v) is 4.83. The summed E-state index contributed by atoms with van der Waals surface area (Å²) in [5, 5.41) is 0. The summed E-state index contributed by atoms with van der Waals surface area (Å²) in [7, 11) is 0. The molecule has 1 saturated carbocycles. The third-order valence-electron chi connectivity index (χ3n) is 3.91. The Hall–Kier alpha value is -0.800. The highest BCUT2D eigenvalue weighted by atomic mass is 16.5. The zero-order valence-corrected chi connectivity index (χ0v) is 9.76. The third kappa shape index (κ3) is 1.68. The first-order valence-electron chi connectivity index (χ1n) is 6.26. The van der Waals surface area contributed by atoms with Crippen molar-refractivity contribution in [2.24, 2.45) is 5.92 Å². The van der Waals surface area contributed by atoms with Crippen LogP contribution in [0.1, 0.15) is 25.5 Å². The maximum Gasteiger partial charge on any atom is 0.117 e. The van der Waals surface area contributed by atoms with Gasteiger partial charge in [-0.25, -0.2) is 0 Å². The van der Waals surface area contributed by atoms with E-state index in [2.05, 4.69) is 17.9 Å². The van der Waals surface area contributed by atoms with E-state index in [4.69, 9.17) is 9.15 Å². The zero-order valence-electron chi connectivity index (χ0n) is 9.76. The van der Waals surface area contributed by atoms with Crippen LogP contribution in [0.15, 0.2) is 22.8 Å². The molecule has 1 aliphatic carbocycles. The Morgan fingerprint density at radius 2 is 2.44 bits per heavy atom. The van der Waals surface area contributed by atoms with Crippen LogP contribution >= 0.6 is 0 Å². The molecule has 88 valence electrons. The fourth-order valence-corrected chi connectivity index (χ4v) is 3.27. The van der Waals surface area contributed by atoms with E-state index in [0.29, 0.717) is 12.1 Å². The number of nitrogens with zero attached hydrogens (tertiary/aromatic N) is 1. The molecule has 3 unspecified atom stereocenters. The van der Waals surface area contributed by atoms with Gasteiger partial charge in [0, 0.05) is 19.2 Å². The van der Waals surface area contributed by atoms with Gasteiger partial charge in [0.1, 0.15) is 5.76 Å². The Labute approximate surface area is 96.4 Å². The van der Waals surface area contributed by atoms with Crippen LogP contribution in [0.2, 0.25) is 0 Å². The summed E-state index contributed by atoms with van der Waals surface area (Å²) in [5.74, 6) is 1.82. The molecule has 1 aromatic heterocycles. The van der Waals surface area contributed by atoms with Gasteiger partial charge in [0.15, 0.2) is 0 Å². The molecule has 2 aliphatic rings.